The number of halogens is 2. The lowest BCUT2D eigenvalue weighted by Gasteiger charge is -2.07. The van der Waals surface area contributed by atoms with Gasteiger partial charge in [-0.1, -0.05) is 15.9 Å². The average molecular weight is 285 g/mol. The van der Waals surface area contributed by atoms with Crippen LogP contribution in [0.4, 0.5) is 4.39 Å². The SMILES string of the molecule is OCc1nccn1Cc1cc(Br)ccc1F. The van der Waals surface area contributed by atoms with E-state index in [4.69, 9.17) is 5.11 Å². The van der Waals surface area contributed by atoms with E-state index in [1.807, 2.05) is 0 Å². The topological polar surface area (TPSA) is 38.1 Å². The number of aromatic nitrogens is 2. The molecular formula is C11H10BrFN2O. The van der Waals surface area contributed by atoms with Crippen molar-refractivity contribution in [3.8, 4) is 0 Å². The van der Waals surface area contributed by atoms with E-state index in [-0.39, 0.29) is 12.4 Å². The lowest BCUT2D eigenvalue weighted by molar-refractivity contribution is 0.266. The van der Waals surface area contributed by atoms with Crippen LogP contribution in [0.5, 0.6) is 0 Å². The lowest BCUT2D eigenvalue weighted by Crippen LogP contribution is -2.05. The molecule has 0 spiro atoms. The van der Waals surface area contributed by atoms with E-state index >= 15 is 0 Å². The number of aliphatic hydroxyl groups excluding tert-OH is 1. The van der Waals surface area contributed by atoms with Gasteiger partial charge in [0.25, 0.3) is 0 Å². The van der Waals surface area contributed by atoms with Gasteiger partial charge in [-0.05, 0) is 18.2 Å². The van der Waals surface area contributed by atoms with Crippen LogP contribution in [-0.4, -0.2) is 14.7 Å². The number of hydrogen-bond donors (Lipinski definition) is 1. The van der Waals surface area contributed by atoms with E-state index in [0.29, 0.717) is 17.9 Å². The van der Waals surface area contributed by atoms with E-state index < -0.39 is 0 Å². The Balaban J connectivity index is 2.30. The summed E-state index contributed by atoms with van der Waals surface area (Å²) in [5, 5.41) is 9.02. The van der Waals surface area contributed by atoms with Gasteiger partial charge in [-0.3, -0.25) is 0 Å². The Hall–Kier alpha value is -1.20. The Morgan fingerprint density at radius 1 is 1.44 bits per heavy atom. The molecule has 1 aromatic carbocycles. The molecule has 0 aliphatic rings. The molecule has 0 saturated carbocycles. The van der Waals surface area contributed by atoms with Crippen molar-refractivity contribution in [3.05, 3.63) is 52.3 Å². The highest BCUT2D eigenvalue weighted by molar-refractivity contribution is 9.10. The Bertz CT molecular complexity index is 498. The van der Waals surface area contributed by atoms with Gasteiger partial charge in [0.1, 0.15) is 18.2 Å². The van der Waals surface area contributed by atoms with Gasteiger partial charge in [-0.2, -0.15) is 0 Å². The van der Waals surface area contributed by atoms with Crippen LogP contribution in [0.15, 0.2) is 35.1 Å². The first-order valence-corrected chi connectivity index (χ1v) is 5.55. The summed E-state index contributed by atoms with van der Waals surface area (Å²) in [5.41, 5.74) is 0.557. The standard InChI is InChI=1S/C11H10BrFN2O/c12-9-1-2-10(13)8(5-9)6-15-4-3-14-11(15)7-16/h1-5,16H,6-7H2. The molecule has 2 rings (SSSR count). The van der Waals surface area contributed by atoms with Gasteiger partial charge in [-0.15, -0.1) is 0 Å². The van der Waals surface area contributed by atoms with Gasteiger partial charge in [0, 0.05) is 22.4 Å². The van der Waals surface area contributed by atoms with Crippen molar-refractivity contribution in [2.75, 3.05) is 0 Å². The quantitative estimate of drug-likeness (QED) is 0.940. The highest BCUT2D eigenvalue weighted by Gasteiger charge is 2.06. The molecule has 0 unspecified atom stereocenters. The fourth-order valence-corrected chi connectivity index (χ4v) is 1.89. The predicted molar refractivity (Wildman–Crippen MR) is 61.4 cm³/mol. The number of rotatable bonds is 3. The molecular weight excluding hydrogens is 275 g/mol. The van der Waals surface area contributed by atoms with Crippen molar-refractivity contribution >= 4 is 15.9 Å². The molecule has 1 heterocycles. The van der Waals surface area contributed by atoms with E-state index in [0.717, 1.165) is 4.47 Å². The Labute approximate surface area is 101 Å². The summed E-state index contributed by atoms with van der Waals surface area (Å²) in [6.07, 6.45) is 3.30. The van der Waals surface area contributed by atoms with Gasteiger partial charge in [0.05, 0.1) is 6.54 Å². The monoisotopic (exact) mass is 284 g/mol. The summed E-state index contributed by atoms with van der Waals surface area (Å²) in [7, 11) is 0. The summed E-state index contributed by atoms with van der Waals surface area (Å²) in [6, 6.07) is 4.78. The summed E-state index contributed by atoms with van der Waals surface area (Å²) in [5.74, 6) is 0.264. The minimum Gasteiger partial charge on any atom is -0.388 e. The third-order valence-electron chi connectivity index (χ3n) is 2.29. The molecule has 0 bridgehead atoms. The maximum absolute atomic E-state index is 13.5. The summed E-state index contributed by atoms with van der Waals surface area (Å²) >= 11 is 3.30. The molecule has 3 nitrogen and oxygen atoms in total. The van der Waals surface area contributed by atoms with E-state index in [9.17, 15) is 4.39 Å². The minimum atomic E-state index is -0.263. The van der Waals surface area contributed by atoms with Crippen molar-refractivity contribution < 1.29 is 9.50 Å². The number of aliphatic hydroxyl groups is 1. The van der Waals surface area contributed by atoms with Crippen molar-refractivity contribution in [2.24, 2.45) is 0 Å². The summed E-state index contributed by atoms with van der Waals surface area (Å²) in [4.78, 5) is 3.96. The molecule has 5 heteroatoms. The zero-order chi connectivity index (χ0) is 11.5. The smallest absolute Gasteiger partial charge is 0.134 e. The van der Waals surface area contributed by atoms with Crippen LogP contribution in [0, 0.1) is 5.82 Å². The van der Waals surface area contributed by atoms with Crippen molar-refractivity contribution in [2.45, 2.75) is 13.2 Å². The molecule has 1 N–H and O–H groups in total. The third-order valence-corrected chi connectivity index (χ3v) is 2.78. The van der Waals surface area contributed by atoms with Crippen LogP contribution in [-0.2, 0) is 13.2 Å². The first-order chi connectivity index (χ1) is 7.70. The first kappa shape index (κ1) is 11.3. The molecule has 84 valence electrons. The lowest BCUT2D eigenvalue weighted by atomic mass is 10.2. The fourth-order valence-electron chi connectivity index (χ4n) is 1.48. The van der Waals surface area contributed by atoms with Gasteiger partial charge in [0.15, 0.2) is 0 Å². The largest absolute Gasteiger partial charge is 0.388 e. The number of imidazole rings is 1. The summed E-state index contributed by atoms with van der Waals surface area (Å²) in [6.45, 7) is 0.212. The van der Waals surface area contributed by atoms with Crippen LogP contribution < -0.4 is 0 Å². The molecule has 0 saturated heterocycles. The number of nitrogens with zero attached hydrogens (tertiary/aromatic N) is 2. The highest BCUT2D eigenvalue weighted by Crippen LogP contribution is 2.17. The zero-order valence-corrected chi connectivity index (χ0v) is 9.98. The van der Waals surface area contributed by atoms with Crippen LogP contribution >= 0.6 is 15.9 Å². The van der Waals surface area contributed by atoms with Crippen LogP contribution in [0.1, 0.15) is 11.4 Å². The molecule has 0 aliphatic carbocycles. The minimum absolute atomic E-state index is 0.150. The molecule has 0 aliphatic heterocycles. The van der Waals surface area contributed by atoms with Gasteiger partial charge < -0.3 is 9.67 Å². The molecule has 0 amide bonds. The van der Waals surface area contributed by atoms with Crippen molar-refractivity contribution in [1.29, 1.82) is 0 Å². The molecule has 0 atom stereocenters. The zero-order valence-electron chi connectivity index (χ0n) is 8.40. The van der Waals surface area contributed by atoms with E-state index in [1.165, 1.54) is 6.07 Å². The second kappa shape index (κ2) is 4.76. The molecule has 2 aromatic rings. The summed E-state index contributed by atoms with van der Waals surface area (Å²) < 4.78 is 16.0. The van der Waals surface area contributed by atoms with Crippen LogP contribution in [0.3, 0.4) is 0 Å². The van der Waals surface area contributed by atoms with E-state index in [2.05, 4.69) is 20.9 Å². The van der Waals surface area contributed by atoms with Gasteiger partial charge in [0.2, 0.25) is 0 Å². The highest BCUT2D eigenvalue weighted by atomic mass is 79.9. The molecule has 0 radical (unpaired) electrons. The number of hydrogen-bond acceptors (Lipinski definition) is 2. The van der Waals surface area contributed by atoms with Crippen LogP contribution in [0.2, 0.25) is 0 Å². The Morgan fingerprint density at radius 3 is 3.00 bits per heavy atom. The normalized spacial score (nSPS) is 10.7. The maximum Gasteiger partial charge on any atom is 0.134 e. The molecule has 16 heavy (non-hydrogen) atoms. The third kappa shape index (κ3) is 2.31. The Morgan fingerprint density at radius 2 is 2.25 bits per heavy atom. The van der Waals surface area contributed by atoms with Gasteiger partial charge >= 0.3 is 0 Å². The van der Waals surface area contributed by atoms with E-state index in [1.54, 1.807) is 29.1 Å². The fraction of sp³-hybridized carbons (Fsp3) is 0.182. The molecule has 0 fully saturated rings. The first-order valence-electron chi connectivity index (χ1n) is 4.75. The second-order valence-corrected chi connectivity index (χ2v) is 4.28. The Kier molecular flexibility index (Phi) is 3.36. The molecule has 1 aromatic heterocycles. The van der Waals surface area contributed by atoms with Crippen LogP contribution in [0.25, 0.3) is 0 Å². The van der Waals surface area contributed by atoms with Crippen molar-refractivity contribution in [3.63, 3.8) is 0 Å². The maximum atomic E-state index is 13.5. The second-order valence-electron chi connectivity index (χ2n) is 3.37. The van der Waals surface area contributed by atoms with Gasteiger partial charge in [-0.25, -0.2) is 9.37 Å². The van der Waals surface area contributed by atoms with Crippen molar-refractivity contribution in [1.82, 2.24) is 9.55 Å². The average Bonchev–Trinajstić information content (AvgIpc) is 2.71. The predicted octanol–water partition coefficient (Wildman–Crippen LogP) is 2.33. The number of benzene rings is 1.